The molecular formula is C29H33F2N5O2. The Morgan fingerprint density at radius 1 is 1.05 bits per heavy atom. The van der Waals surface area contributed by atoms with E-state index in [0.29, 0.717) is 42.0 Å². The summed E-state index contributed by atoms with van der Waals surface area (Å²) in [6, 6.07) is 10.7. The van der Waals surface area contributed by atoms with Crippen molar-refractivity contribution < 1.29 is 18.3 Å². The summed E-state index contributed by atoms with van der Waals surface area (Å²) in [5, 5.41) is 2.96. The Morgan fingerprint density at radius 3 is 2.47 bits per heavy atom. The summed E-state index contributed by atoms with van der Waals surface area (Å²) in [6.45, 7) is 8.81. The lowest BCUT2D eigenvalue weighted by molar-refractivity contribution is 0.205. The number of nitrogens with one attached hydrogen (secondary N) is 1. The minimum Gasteiger partial charge on any atom is -0.435 e. The first-order valence-corrected chi connectivity index (χ1v) is 13.2. The van der Waals surface area contributed by atoms with E-state index in [-0.39, 0.29) is 24.2 Å². The summed E-state index contributed by atoms with van der Waals surface area (Å²) in [6.07, 6.45) is 2.59. The van der Waals surface area contributed by atoms with E-state index in [0.717, 1.165) is 43.8 Å². The number of carbonyl (C=O) groups excluding carboxylic acids is 1. The maximum atomic E-state index is 14.5. The summed E-state index contributed by atoms with van der Waals surface area (Å²) < 4.78 is 33.9. The van der Waals surface area contributed by atoms with Gasteiger partial charge in [0.15, 0.2) is 11.6 Å². The first-order chi connectivity index (χ1) is 18.3. The van der Waals surface area contributed by atoms with E-state index in [2.05, 4.69) is 36.0 Å². The molecule has 2 aliphatic heterocycles. The second-order valence-corrected chi connectivity index (χ2v) is 10.5. The topological polar surface area (TPSA) is 70.6 Å². The number of anilines is 2. The summed E-state index contributed by atoms with van der Waals surface area (Å²) in [5.41, 5.74) is 3.30. The molecule has 0 bridgehead atoms. The number of rotatable bonds is 5. The van der Waals surface area contributed by atoms with Crippen molar-refractivity contribution in [3.63, 3.8) is 0 Å². The number of halogens is 2. The van der Waals surface area contributed by atoms with Gasteiger partial charge in [-0.25, -0.2) is 18.6 Å². The minimum atomic E-state index is -0.819. The Morgan fingerprint density at radius 2 is 1.79 bits per heavy atom. The molecule has 3 aromatic rings. The number of carbonyl (C=O) groups is 1. The number of piperidine rings is 1. The van der Waals surface area contributed by atoms with Gasteiger partial charge < -0.3 is 19.9 Å². The Bertz CT molecular complexity index is 1310. The fourth-order valence-corrected chi connectivity index (χ4v) is 4.80. The number of hydrogen-bond donors (Lipinski definition) is 1. The molecule has 3 heterocycles. The molecule has 1 fully saturated rings. The van der Waals surface area contributed by atoms with Gasteiger partial charge in [-0.2, -0.15) is 4.98 Å². The molecule has 2 aliphatic rings. The molecule has 9 heteroatoms. The minimum absolute atomic E-state index is 0.127. The van der Waals surface area contributed by atoms with E-state index < -0.39 is 11.6 Å². The fourth-order valence-electron chi connectivity index (χ4n) is 4.80. The monoisotopic (exact) mass is 521 g/mol. The van der Waals surface area contributed by atoms with E-state index in [9.17, 15) is 13.6 Å². The first kappa shape index (κ1) is 25.9. The molecule has 5 rings (SSSR count). The van der Waals surface area contributed by atoms with Crippen LogP contribution in [-0.4, -0.2) is 40.5 Å². The normalized spacial score (nSPS) is 15.9. The third-order valence-corrected chi connectivity index (χ3v) is 7.29. The second-order valence-electron chi connectivity index (χ2n) is 10.5. The van der Waals surface area contributed by atoms with Crippen molar-refractivity contribution in [2.75, 3.05) is 29.9 Å². The van der Waals surface area contributed by atoms with Crippen molar-refractivity contribution in [1.29, 1.82) is 0 Å². The molecule has 0 atom stereocenters. The standard InChI is InChI=1S/C29H33F2N5O2/c1-18(2)20-4-7-22(8-5-20)32-29(37)36-15-12-25-23(17-36)27(38-26-9-6-21(30)16-24(26)31)34-28(33-25)35-13-10-19(3)11-14-35/h4-9,16,18-19H,10-15,17H2,1-3H3,(H,32,37). The van der Waals surface area contributed by atoms with Crippen LogP contribution in [0.25, 0.3) is 0 Å². The van der Waals surface area contributed by atoms with Crippen LogP contribution < -0.4 is 15.0 Å². The Hall–Kier alpha value is -3.75. The molecule has 0 aliphatic carbocycles. The van der Waals surface area contributed by atoms with E-state index >= 15 is 0 Å². The second kappa shape index (κ2) is 10.9. The Balaban J connectivity index is 1.41. The van der Waals surface area contributed by atoms with Crippen LogP contribution in [-0.2, 0) is 13.0 Å². The fraction of sp³-hybridized carbons (Fsp3) is 0.414. The molecule has 0 unspecified atom stereocenters. The van der Waals surface area contributed by atoms with Gasteiger partial charge in [0, 0.05) is 37.8 Å². The van der Waals surface area contributed by atoms with Crippen LogP contribution in [0.3, 0.4) is 0 Å². The van der Waals surface area contributed by atoms with E-state index in [4.69, 9.17) is 9.72 Å². The molecule has 1 saturated heterocycles. The lowest BCUT2D eigenvalue weighted by Crippen LogP contribution is -2.40. The largest absolute Gasteiger partial charge is 0.435 e. The molecule has 0 saturated carbocycles. The van der Waals surface area contributed by atoms with Gasteiger partial charge in [-0.15, -0.1) is 0 Å². The van der Waals surface area contributed by atoms with Crippen molar-refractivity contribution in [2.45, 2.75) is 52.5 Å². The van der Waals surface area contributed by atoms with E-state index in [1.54, 1.807) is 4.90 Å². The first-order valence-electron chi connectivity index (χ1n) is 13.2. The molecule has 200 valence electrons. The Labute approximate surface area is 221 Å². The van der Waals surface area contributed by atoms with Gasteiger partial charge in [-0.3, -0.25) is 0 Å². The predicted octanol–water partition coefficient (Wildman–Crippen LogP) is 6.50. The van der Waals surface area contributed by atoms with Crippen LogP contribution >= 0.6 is 0 Å². The highest BCUT2D eigenvalue weighted by Gasteiger charge is 2.29. The van der Waals surface area contributed by atoms with Crippen LogP contribution in [0.5, 0.6) is 11.6 Å². The summed E-state index contributed by atoms with van der Waals surface area (Å²) >= 11 is 0. The van der Waals surface area contributed by atoms with Crippen molar-refractivity contribution in [3.8, 4) is 11.6 Å². The number of benzene rings is 2. The molecule has 0 spiro atoms. The van der Waals surface area contributed by atoms with Gasteiger partial charge >= 0.3 is 6.03 Å². The van der Waals surface area contributed by atoms with Crippen LogP contribution in [0, 0.1) is 17.6 Å². The average Bonchev–Trinajstić information content (AvgIpc) is 2.90. The number of urea groups is 1. The highest BCUT2D eigenvalue weighted by atomic mass is 19.1. The van der Waals surface area contributed by atoms with Crippen LogP contribution in [0.1, 0.15) is 56.4 Å². The smallest absolute Gasteiger partial charge is 0.322 e. The molecule has 1 aromatic heterocycles. The van der Waals surface area contributed by atoms with Crippen LogP contribution in [0.4, 0.5) is 25.2 Å². The molecule has 1 N–H and O–H groups in total. The number of ether oxygens (including phenoxy) is 1. The lowest BCUT2D eigenvalue weighted by Gasteiger charge is -2.33. The van der Waals surface area contributed by atoms with Crippen LogP contribution in [0.15, 0.2) is 42.5 Å². The zero-order valence-electron chi connectivity index (χ0n) is 22.0. The van der Waals surface area contributed by atoms with Crippen LogP contribution in [0.2, 0.25) is 0 Å². The van der Waals surface area contributed by atoms with Crippen molar-refractivity contribution >= 4 is 17.7 Å². The Kier molecular flexibility index (Phi) is 7.44. The third kappa shape index (κ3) is 5.71. The predicted molar refractivity (Wildman–Crippen MR) is 143 cm³/mol. The number of amides is 2. The number of hydrogen-bond acceptors (Lipinski definition) is 5. The maximum absolute atomic E-state index is 14.5. The van der Waals surface area contributed by atoms with E-state index in [1.807, 2.05) is 24.3 Å². The van der Waals surface area contributed by atoms with Crippen molar-refractivity contribution in [3.05, 3.63) is 70.9 Å². The summed E-state index contributed by atoms with van der Waals surface area (Å²) in [5.74, 6) is 0.136. The van der Waals surface area contributed by atoms with Gasteiger partial charge in [-0.05, 0) is 54.5 Å². The van der Waals surface area contributed by atoms with Crippen molar-refractivity contribution in [2.24, 2.45) is 5.92 Å². The van der Waals surface area contributed by atoms with Gasteiger partial charge in [0.2, 0.25) is 11.8 Å². The highest BCUT2D eigenvalue weighted by molar-refractivity contribution is 5.89. The zero-order chi connectivity index (χ0) is 26.8. The zero-order valence-corrected chi connectivity index (χ0v) is 22.0. The summed E-state index contributed by atoms with van der Waals surface area (Å²) in [7, 11) is 0. The molecule has 2 aromatic carbocycles. The number of nitrogens with zero attached hydrogens (tertiary/aromatic N) is 4. The van der Waals surface area contributed by atoms with Crippen molar-refractivity contribution in [1.82, 2.24) is 14.9 Å². The molecule has 2 amide bonds. The van der Waals surface area contributed by atoms with Gasteiger partial charge in [0.25, 0.3) is 0 Å². The molecule has 38 heavy (non-hydrogen) atoms. The van der Waals surface area contributed by atoms with Gasteiger partial charge in [0.05, 0.1) is 17.8 Å². The van der Waals surface area contributed by atoms with Gasteiger partial charge in [-0.1, -0.05) is 32.9 Å². The number of aromatic nitrogens is 2. The molecular weight excluding hydrogens is 488 g/mol. The lowest BCUT2D eigenvalue weighted by atomic mass is 9.99. The molecule has 7 nitrogen and oxygen atoms in total. The maximum Gasteiger partial charge on any atom is 0.322 e. The third-order valence-electron chi connectivity index (χ3n) is 7.29. The van der Waals surface area contributed by atoms with E-state index in [1.165, 1.54) is 11.6 Å². The highest BCUT2D eigenvalue weighted by Crippen LogP contribution is 2.34. The average molecular weight is 522 g/mol. The number of fused-ring (bicyclic) bond motifs is 1. The quantitative estimate of drug-likeness (QED) is 0.415. The molecule has 0 radical (unpaired) electrons. The summed E-state index contributed by atoms with van der Waals surface area (Å²) in [4.78, 5) is 26.4. The SMILES string of the molecule is CC1CCN(c2nc3c(c(Oc4ccc(F)cc4F)n2)CN(C(=O)Nc2ccc(C(C)C)cc2)CC3)CC1. The van der Waals surface area contributed by atoms with Gasteiger partial charge in [0.1, 0.15) is 5.82 Å².